The maximum Gasteiger partial charge on any atom is 0.136 e. The predicted octanol–water partition coefficient (Wildman–Crippen LogP) is 4.83. The first-order valence-electron chi connectivity index (χ1n) is 6.41. The molecule has 0 aliphatic heterocycles. The number of benzene rings is 1. The molecule has 0 N–H and O–H groups in total. The molecule has 0 saturated carbocycles. The summed E-state index contributed by atoms with van der Waals surface area (Å²) >= 11 is 6.07. The summed E-state index contributed by atoms with van der Waals surface area (Å²) in [6.45, 7) is 7.86. The molecule has 0 heterocycles. The summed E-state index contributed by atoms with van der Waals surface area (Å²) in [7, 11) is 0. The van der Waals surface area contributed by atoms with Gasteiger partial charge in [0.25, 0.3) is 0 Å². The summed E-state index contributed by atoms with van der Waals surface area (Å²) in [6, 6.07) is 7.71. The van der Waals surface area contributed by atoms with Crippen LogP contribution in [0.3, 0.4) is 0 Å². The molecule has 1 atom stereocenters. The Balaban J connectivity index is 2.41. The van der Waals surface area contributed by atoms with Gasteiger partial charge in [0.1, 0.15) is 5.78 Å². The SMILES string of the molecule is C=C(C)CCC(C)C(=O)CCc1ccccc1Cl. The molecule has 0 aromatic heterocycles. The zero-order valence-corrected chi connectivity index (χ0v) is 12.0. The van der Waals surface area contributed by atoms with E-state index in [2.05, 4.69) is 6.58 Å². The van der Waals surface area contributed by atoms with E-state index in [0.29, 0.717) is 12.2 Å². The van der Waals surface area contributed by atoms with Crippen molar-refractivity contribution >= 4 is 17.4 Å². The van der Waals surface area contributed by atoms with E-state index in [1.165, 1.54) is 0 Å². The zero-order valence-electron chi connectivity index (χ0n) is 11.2. The van der Waals surface area contributed by atoms with E-state index >= 15 is 0 Å². The Kier molecular flexibility index (Phi) is 6.14. The number of halogens is 1. The van der Waals surface area contributed by atoms with E-state index in [4.69, 9.17) is 11.6 Å². The van der Waals surface area contributed by atoms with Crippen LogP contribution in [0.2, 0.25) is 5.02 Å². The van der Waals surface area contributed by atoms with Crippen molar-refractivity contribution in [1.82, 2.24) is 0 Å². The molecule has 2 heteroatoms. The number of rotatable bonds is 7. The second kappa shape index (κ2) is 7.38. The van der Waals surface area contributed by atoms with Crippen molar-refractivity contribution in [2.75, 3.05) is 0 Å². The Labute approximate surface area is 115 Å². The fraction of sp³-hybridized carbons (Fsp3) is 0.438. The normalized spacial score (nSPS) is 12.2. The van der Waals surface area contributed by atoms with Gasteiger partial charge in [0.05, 0.1) is 0 Å². The number of aryl methyl sites for hydroxylation is 1. The zero-order chi connectivity index (χ0) is 13.5. The third kappa shape index (κ3) is 5.05. The van der Waals surface area contributed by atoms with Crippen molar-refractivity contribution < 1.29 is 4.79 Å². The highest BCUT2D eigenvalue weighted by atomic mass is 35.5. The minimum Gasteiger partial charge on any atom is -0.299 e. The van der Waals surface area contributed by atoms with Crippen molar-refractivity contribution in [3.05, 3.63) is 47.0 Å². The number of Topliss-reactive ketones (excluding diaryl/α,β-unsaturated/α-hetero) is 1. The highest BCUT2D eigenvalue weighted by Gasteiger charge is 2.13. The Bertz CT molecular complexity index is 423. The lowest BCUT2D eigenvalue weighted by Gasteiger charge is -2.10. The maximum absolute atomic E-state index is 12.0. The Hall–Kier alpha value is -1.08. The molecular formula is C16H21ClO. The molecule has 0 radical (unpaired) electrons. The number of carbonyl (C=O) groups excluding carboxylic acids is 1. The van der Waals surface area contributed by atoms with Crippen LogP contribution < -0.4 is 0 Å². The maximum atomic E-state index is 12.0. The van der Waals surface area contributed by atoms with Gasteiger partial charge in [-0.3, -0.25) is 4.79 Å². The third-order valence-electron chi connectivity index (χ3n) is 3.15. The van der Waals surface area contributed by atoms with Crippen molar-refractivity contribution in [1.29, 1.82) is 0 Å². The van der Waals surface area contributed by atoms with Crippen molar-refractivity contribution in [3.63, 3.8) is 0 Å². The van der Waals surface area contributed by atoms with Crippen LogP contribution in [0.25, 0.3) is 0 Å². The summed E-state index contributed by atoms with van der Waals surface area (Å²) in [6.07, 6.45) is 3.13. The Morgan fingerprint density at radius 1 is 1.33 bits per heavy atom. The van der Waals surface area contributed by atoms with E-state index in [1.807, 2.05) is 38.1 Å². The molecule has 1 unspecified atom stereocenters. The van der Waals surface area contributed by atoms with Gasteiger partial charge in [-0.05, 0) is 37.8 Å². The molecule has 0 aliphatic rings. The molecule has 0 fully saturated rings. The van der Waals surface area contributed by atoms with Gasteiger partial charge in [-0.25, -0.2) is 0 Å². The van der Waals surface area contributed by atoms with Gasteiger partial charge in [-0.2, -0.15) is 0 Å². The van der Waals surface area contributed by atoms with Gasteiger partial charge in [-0.15, -0.1) is 6.58 Å². The highest BCUT2D eigenvalue weighted by Crippen LogP contribution is 2.19. The molecule has 0 bridgehead atoms. The Morgan fingerprint density at radius 3 is 2.61 bits per heavy atom. The standard InChI is InChI=1S/C16H21ClO/c1-12(2)8-9-13(3)16(18)11-10-14-6-4-5-7-15(14)17/h4-7,13H,1,8-11H2,2-3H3. The number of carbonyl (C=O) groups is 1. The van der Waals surface area contributed by atoms with Crippen molar-refractivity contribution in [2.24, 2.45) is 5.92 Å². The van der Waals surface area contributed by atoms with E-state index in [9.17, 15) is 4.79 Å². The van der Waals surface area contributed by atoms with E-state index in [-0.39, 0.29) is 5.92 Å². The van der Waals surface area contributed by atoms with Gasteiger partial charge in [0.15, 0.2) is 0 Å². The van der Waals surface area contributed by atoms with Gasteiger partial charge in [0.2, 0.25) is 0 Å². The summed E-state index contributed by atoms with van der Waals surface area (Å²) in [5, 5.41) is 0.750. The number of ketones is 1. The van der Waals surface area contributed by atoms with Gasteiger partial charge < -0.3 is 0 Å². The second-order valence-electron chi connectivity index (χ2n) is 4.95. The van der Waals surface area contributed by atoms with Crippen LogP contribution in [-0.4, -0.2) is 5.78 Å². The van der Waals surface area contributed by atoms with Crippen molar-refractivity contribution in [2.45, 2.75) is 39.5 Å². The van der Waals surface area contributed by atoms with Crippen LogP contribution in [-0.2, 0) is 11.2 Å². The first kappa shape index (κ1) is 15.0. The number of allylic oxidation sites excluding steroid dienone is 1. The van der Waals surface area contributed by atoms with E-state index < -0.39 is 0 Å². The van der Waals surface area contributed by atoms with Crippen molar-refractivity contribution in [3.8, 4) is 0 Å². The molecule has 18 heavy (non-hydrogen) atoms. The molecule has 0 aliphatic carbocycles. The quantitative estimate of drug-likeness (QED) is 0.645. The van der Waals surface area contributed by atoms with Crippen LogP contribution in [0.1, 0.15) is 38.7 Å². The first-order valence-corrected chi connectivity index (χ1v) is 6.79. The average molecular weight is 265 g/mol. The minimum absolute atomic E-state index is 0.115. The second-order valence-corrected chi connectivity index (χ2v) is 5.36. The monoisotopic (exact) mass is 264 g/mol. The van der Waals surface area contributed by atoms with Gasteiger partial charge in [0, 0.05) is 17.4 Å². The lowest BCUT2D eigenvalue weighted by Crippen LogP contribution is -2.12. The summed E-state index contributed by atoms with van der Waals surface area (Å²) < 4.78 is 0. The smallest absolute Gasteiger partial charge is 0.136 e. The van der Waals surface area contributed by atoms with E-state index in [0.717, 1.165) is 35.4 Å². The summed E-state index contributed by atoms with van der Waals surface area (Å²) in [5.74, 6) is 0.431. The average Bonchev–Trinajstić information content (AvgIpc) is 2.34. The molecule has 0 saturated heterocycles. The van der Waals surface area contributed by atoms with Gasteiger partial charge >= 0.3 is 0 Å². The third-order valence-corrected chi connectivity index (χ3v) is 3.52. The van der Waals surface area contributed by atoms with Gasteiger partial charge in [-0.1, -0.05) is 42.3 Å². The highest BCUT2D eigenvalue weighted by molar-refractivity contribution is 6.31. The molecule has 0 spiro atoms. The molecule has 0 amide bonds. The number of hydrogen-bond donors (Lipinski definition) is 0. The lowest BCUT2D eigenvalue weighted by atomic mass is 9.94. The minimum atomic E-state index is 0.115. The van der Waals surface area contributed by atoms with Crippen LogP contribution in [0.15, 0.2) is 36.4 Å². The molecule has 1 nitrogen and oxygen atoms in total. The molecule has 98 valence electrons. The lowest BCUT2D eigenvalue weighted by molar-refractivity contribution is -0.122. The largest absolute Gasteiger partial charge is 0.299 e. The fourth-order valence-electron chi connectivity index (χ4n) is 1.83. The molecule has 1 aromatic carbocycles. The molecule has 1 aromatic rings. The Morgan fingerprint density at radius 2 is 2.00 bits per heavy atom. The predicted molar refractivity (Wildman–Crippen MR) is 78.0 cm³/mol. The fourth-order valence-corrected chi connectivity index (χ4v) is 2.06. The molecular weight excluding hydrogens is 244 g/mol. The first-order chi connectivity index (χ1) is 8.50. The van der Waals surface area contributed by atoms with Crippen LogP contribution in [0, 0.1) is 5.92 Å². The topological polar surface area (TPSA) is 17.1 Å². The summed E-state index contributed by atoms with van der Waals surface area (Å²) in [4.78, 5) is 12.0. The van der Waals surface area contributed by atoms with E-state index in [1.54, 1.807) is 0 Å². The number of hydrogen-bond acceptors (Lipinski definition) is 1. The van der Waals surface area contributed by atoms with Crippen LogP contribution in [0.5, 0.6) is 0 Å². The molecule has 1 rings (SSSR count). The van der Waals surface area contributed by atoms with Crippen LogP contribution in [0.4, 0.5) is 0 Å². The summed E-state index contributed by atoms with van der Waals surface area (Å²) in [5.41, 5.74) is 2.19. The van der Waals surface area contributed by atoms with Crippen LogP contribution >= 0.6 is 11.6 Å².